The third-order valence-electron chi connectivity index (χ3n) is 9.20. The number of carbonyl (C=O) groups excluding carboxylic acids is 4. The van der Waals surface area contributed by atoms with Crippen molar-refractivity contribution in [3.63, 3.8) is 0 Å². The van der Waals surface area contributed by atoms with Crippen LogP contribution in [0.3, 0.4) is 0 Å². The highest BCUT2D eigenvalue weighted by molar-refractivity contribution is 7.89. The number of nitrogens with one attached hydrogen (secondary N) is 2. The van der Waals surface area contributed by atoms with E-state index in [2.05, 4.69) is 22.8 Å². The molecular weight excluding hydrogens is 646 g/mol. The molecule has 1 fully saturated rings. The van der Waals surface area contributed by atoms with Gasteiger partial charge in [0.15, 0.2) is 0 Å². The number of nitrogens with zero attached hydrogens (tertiary/aromatic N) is 3. The molecule has 1 aliphatic carbocycles. The number of sulfonamides is 1. The van der Waals surface area contributed by atoms with Crippen LogP contribution in [0.25, 0.3) is 0 Å². The smallest absolute Gasteiger partial charge is 0.410 e. The van der Waals surface area contributed by atoms with Gasteiger partial charge in [0, 0.05) is 39.1 Å². The second-order valence-corrected chi connectivity index (χ2v) is 16.2. The molecule has 12 nitrogen and oxygen atoms in total. The number of ether oxygens (including phenoxy) is 1. The molecule has 1 aliphatic heterocycles. The Morgan fingerprint density at radius 2 is 1.63 bits per heavy atom. The second kappa shape index (κ2) is 15.7. The molecule has 2 aromatic carbocycles. The maximum absolute atomic E-state index is 14.3. The molecule has 2 aliphatic rings. The van der Waals surface area contributed by atoms with Crippen molar-refractivity contribution in [3.05, 3.63) is 65.7 Å². The Morgan fingerprint density at radius 3 is 2.29 bits per heavy atom. The highest BCUT2D eigenvalue weighted by Crippen LogP contribution is 2.31. The minimum atomic E-state index is -3.95. The largest absolute Gasteiger partial charge is 0.444 e. The summed E-state index contributed by atoms with van der Waals surface area (Å²) >= 11 is 0. The van der Waals surface area contributed by atoms with Gasteiger partial charge in [0.25, 0.3) is 0 Å². The Bertz CT molecular complexity index is 1610. The molecule has 49 heavy (non-hydrogen) atoms. The van der Waals surface area contributed by atoms with Crippen LogP contribution in [0.2, 0.25) is 0 Å². The van der Waals surface area contributed by atoms with Crippen molar-refractivity contribution in [2.75, 3.05) is 33.2 Å². The number of hydrogen-bond acceptors (Lipinski definition) is 7. The van der Waals surface area contributed by atoms with Gasteiger partial charge in [-0.1, -0.05) is 56.3 Å². The van der Waals surface area contributed by atoms with Gasteiger partial charge in [0.2, 0.25) is 27.7 Å². The summed E-state index contributed by atoms with van der Waals surface area (Å²) in [6.45, 7) is 10.3. The fourth-order valence-electron chi connectivity index (χ4n) is 6.25. The average Bonchev–Trinajstić information content (AvgIpc) is 3.07. The zero-order valence-corrected chi connectivity index (χ0v) is 30.5. The van der Waals surface area contributed by atoms with Gasteiger partial charge in [0.05, 0.1) is 4.90 Å². The first-order valence-electron chi connectivity index (χ1n) is 17.0. The van der Waals surface area contributed by atoms with E-state index in [1.54, 1.807) is 52.8 Å². The lowest BCUT2D eigenvalue weighted by Crippen LogP contribution is -2.65. The van der Waals surface area contributed by atoms with Crippen molar-refractivity contribution < 1.29 is 32.3 Å². The molecule has 0 spiro atoms. The summed E-state index contributed by atoms with van der Waals surface area (Å²) in [5.74, 6) is -1.82. The summed E-state index contributed by atoms with van der Waals surface area (Å²) in [5, 5.41) is 5.82. The summed E-state index contributed by atoms with van der Waals surface area (Å²) in [7, 11) is -2.51. The molecule has 268 valence electrons. The fraction of sp³-hybridized carbons (Fsp3) is 0.556. The van der Waals surface area contributed by atoms with Crippen LogP contribution in [0.5, 0.6) is 0 Å². The Morgan fingerprint density at radius 1 is 0.980 bits per heavy atom. The molecule has 2 aromatic rings. The summed E-state index contributed by atoms with van der Waals surface area (Å²) in [5.41, 5.74) is 1.68. The predicted molar refractivity (Wildman–Crippen MR) is 186 cm³/mol. The first kappa shape index (κ1) is 37.8. The molecule has 13 heteroatoms. The molecule has 4 atom stereocenters. The summed E-state index contributed by atoms with van der Waals surface area (Å²) in [6, 6.07) is 13.0. The van der Waals surface area contributed by atoms with E-state index < -0.39 is 57.6 Å². The van der Waals surface area contributed by atoms with Crippen LogP contribution in [0.15, 0.2) is 59.5 Å². The molecule has 1 heterocycles. The van der Waals surface area contributed by atoms with Crippen LogP contribution >= 0.6 is 0 Å². The number of carbonyl (C=O) groups is 4. The van der Waals surface area contributed by atoms with Gasteiger partial charge in [-0.05, 0) is 76.1 Å². The molecule has 0 saturated carbocycles. The van der Waals surface area contributed by atoms with Crippen molar-refractivity contribution >= 4 is 33.8 Å². The van der Waals surface area contributed by atoms with E-state index in [0.717, 1.165) is 24.2 Å². The van der Waals surface area contributed by atoms with Crippen molar-refractivity contribution in [2.24, 2.45) is 5.92 Å². The normalized spacial score (nSPS) is 19.7. The molecule has 4 rings (SSSR count). The molecular formula is C36H51N5O7S. The lowest BCUT2D eigenvalue weighted by Gasteiger charge is -2.42. The second-order valence-electron chi connectivity index (χ2n) is 14.3. The Kier molecular flexibility index (Phi) is 12.1. The van der Waals surface area contributed by atoms with Gasteiger partial charge >= 0.3 is 6.09 Å². The standard InChI is InChI=1S/C36H51N5O7S/c1-24(2)31(38-32(42)25(3)39(7)35(45)48-36(4,5)6)34(44)41-21-20-40(49(46,47)28-17-9-8-10-18-28)23-30(41)33(43)37-22-27-16-13-15-26-14-11-12-19-29(26)27/h8-12,14,17-19,24-25,27,30-31H,13,15-16,20-23H2,1-7H3,(H,37,43)(H,38,42)/t25-,27?,30-,31-/m0/s1. The Hall–Kier alpha value is -3.97. The van der Waals surface area contributed by atoms with E-state index in [-0.39, 0.29) is 36.4 Å². The lowest BCUT2D eigenvalue weighted by molar-refractivity contribution is -0.146. The number of fused-ring (bicyclic) bond motifs is 1. The molecule has 1 saturated heterocycles. The molecule has 2 N–H and O–H groups in total. The monoisotopic (exact) mass is 697 g/mol. The van der Waals surface area contributed by atoms with Gasteiger partial charge in [0.1, 0.15) is 23.7 Å². The predicted octanol–water partition coefficient (Wildman–Crippen LogP) is 3.52. The van der Waals surface area contributed by atoms with Crippen LogP contribution in [0, 0.1) is 5.92 Å². The molecule has 0 aromatic heterocycles. The Labute approximate surface area is 290 Å². The van der Waals surface area contributed by atoms with E-state index >= 15 is 0 Å². The number of benzene rings is 2. The number of rotatable bonds is 10. The average molecular weight is 698 g/mol. The quantitative estimate of drug-likeness (QED) is 0.387. The Balaban J connectivity index is 1.56. The van der Waals surface area contributed by atoms with Gasteiger partial charge in [-0.25, -0.2) is 13.2 Å². The van der Waals surface area contributed by atoms with E-state index in [1.807, 2.05) is 12.1 Å². The molecule has 4 amide bonds. The van der Waals surface area contributed by atoms with Gasteiger partial charge in [-0.15, -0.1) is 0 Å². The number of aryl methyl sites for hydroxylation is 1. The van der Waals surface area contributed by atoms with Crippen molar-refractivity contribution in [1.82, 2.24) is 24.7 Å². The molecule has 0 radical (unpaired) electrons. The zero-order valence-electron chi connectivity index (χ0n) is 29.6. The molecule has 0 bridgehead atoms. The minimum Gasteiger partial charge on any atom is -0.444 e. The topological polar surface area (TPSA) is 145 Å². The highest BCUT2D eigenvalue weighted by Gasteiger charge is 2.43. The zero-order chi connectivity index (χ0) is 36.1. The summed E-state index contributed by atoms with van der Waals surface area (Å²) in [4.78, 5) is 56.9. The molecule has 1 unspecified atom stereocenters. The summed E-state index contributed by atoms with van der Waals surface area (Å²) < 4.78 is 33.9. The number of likely N-dealkylation sites (N-methyl/N-ethyl adjacent to an activating group) is 1. The van der Waals surface area contributed by atoms with E-state index in [4.69, 9.17) is 4.74 Å². The van der Waals surface area contributed by atoms with Crippen LogP contribution in [0.1, 0.15) is 71.4 Å². The lowest BCUT2D eigenvalue weighted by atomic mass is 9.83. The van der Waals surface area contributed by atoms with Crippen LogP contribution in [0.4, 0.5) is 4.79 Å². The third kappa shape index (κ3) is 9.18. The maximum atomic E-state index is 14.3. The van der Waals surface area contributed by atoms with Crippen LogP contribution < -0.4 is 10.6 Å². The fourth-order valence-corrected chi connectivity index (χ4v) is 7.71. The van der Waals surface area contributed by atoms with E-state index in [0.29, 0.717) is 6.54 Å². The number of hydrogen-bond donors (Lipinski definition) is 2. The van der Waals surface area contributed by atoms with Gasteiger partial charge < -0.3 is 20.3 Å². The maximum Gasteiger partial charge on any atom is 0.410 e. The first-order chi connectivity index (χ1) is 23.0. The van der Waals surface area contributed by atoms with E-state index in [9.17, 15) is 27.6 Å². The number of piperazine rings is 1. The van der Waals surface area contributed by atoms with Crippen LogP contribution in [-0.4, -0.2) is 103 Å². The van der Waals surface area contributed by atoms with Crippen molar-refractivity contribution in [1.29, 1.82) is 0 Å². The van der Waals surface area contributed by atoms with Crippen molar-refractivity contribution in [3.8, 4) is 0 Å². The van der Waals surface area contributed by atoms with Crippen molar-refractivity contribution in [2.45, 2.75) is 95.3 Å². The first-order valence-corrected chi connectivity index (χ1v) is 18.4. The third-order valence-corrected chi connectivity index (χ3v) is 11.1. The van der Waals surface area contributed by atoms with Gasteiger partial charge in [-0.3, -0.25) is 19.3 Å². The SMILES string of the molecule is CC(C)[C@H](NC(=O)[C@H](C)N(C)C(=O)OC(C)(C)C)C(=O)N1CCN(S(=O)(=O)c2ccccc2)C[C@H]1C(=O)NCC1CCCc2ccccc21. The van der Waals surface area contributed by atoms with Gasteiger partial charge in [-0.2, -0.15) is 4.31 Å². The van der Waals surface area contributed by atoms with E-state index in [1.165, 1.54) is 46.4 Å². The summed E-state index contributed by atoms with van der Waals surface area (Å²) in [6.07, 6.45) is 2.19. The number of amides is 4. The minimum absolute atomic E-state index is 0.0285. The van der Waals surface area contributed by atoms with Crippen LogP contribution in [-0.2, 0) is 35.6 Å². The highest BCUT2D eigenvalue weighted by atomic mass is 32.2.